The van der Waals surface area contributed by atoms with E-state index < -0.39 is 5.97 Å². The predicted molar refractivity (Wildman–Crippen MR) is 77.0 cm³/mol. The average molecular weight is 297 g/mol. The van der Waals surface area contributed by atoms with Gasteiger partial charge in [0.05, 0.1) is 24.2 Å². The summed E-state index contributed by atoms with van der Waals surface area (Å²) in [7, 11) is 1.28. The molecule has 1 fully saturated rings. The number of hydrogen-bond donors (Lipinski definition) is 2. The number of ether oxygens (including phenoxy) is 1. The standard InChI is InChI=1S/C14H17ClN2O3/c1-20-14(19)11-6-10(4-5-12(11)15)17-13(18)8-16-7-9-2-3-9/h4-6,9,16H,2-3,7-8H2,1H3,(H,17,18). The van der Waals surface area contributed by atoms with Crippen molar-refractivity contribution in [2.45, 2.75) is 12.8 Å². The van der Waals surface area contributed by atoms with E-state index in [1.807, 2.05) is 0 Å². The molecule has 108 valence electrons. The normalized spacial score (nSPS) is 13.9. The van der Waals surface area contributed by atoms with E-state index in [-0.39, 0.29) is 18.0 Å². The first-order valence-corrected chi connectivity index (χ1v) is 6.86. The second kappa shape index (κ2) is 6.72. The monoisotopic (exact) mass is 296 g/mol. The summed E-state index contributed by atoms with van der Waals surface area (Å²) in [6.07, 6.45) is 2.49. The third-order valence-electron chi connectivity index (χ3n) is 3.07. The summed E-state index contributed by atoms with van der Waals surface area (Å²) in [5.41, 5.74) is 0.755. The number of rotatable bonds is 6. The molecule has 2 rings (SSSR count). The van der Waals surface area contributed by atoms with Crippen LogP contribution >= 0.6 is 11.6 Å². The summed E-state index contributed by atoms with van der Waals surface area (Å²) in [6, 6.07) is 4.71. The van der Waals surface area contributed by atoms with Gasteiger partial charge in [-0.05, 0) is 43.5 Å². The number of methoxy groups -OCH3 is 1. The molecule has 1 aromatic rings. The maximum Gasteiger partial charge on any atom is 0.339 e. The third-order valence-corrected chi connectivity index (χ3v) is 3.40. The van der Waals surface area contributed by atoms with Crippen LogP contribution in [-0.4, -0.2) is 32.1 Å². The molecule has 0 radical (unpaired) electrons. The minimum absolute atomic E-state index is 0.149. The smallest absolute Gasteiger partial charge is 0.339 e. The van der Waals surface area contributed by atoms with Crippen LogP contribution in [0.3, 0.4) is 0 Å². The lowest BCUT2D eigenvalue weighted by molar-refractivity contribution is -0.115. The van der Waals surface area contributed by atoms with Gasteiger partial charge in [-0.25, -0.2) is 4.79 Å². The van der Waals surface area contributed by atoms with Gasteiger partial charge in [0.2, 0.25) is 5.91 Å². The van der Waals surface area contributed by atoms with Crippen molar-refractivity contribution in [1.82, 2.24) is 5.32 Å². The highest BCUT2D eigenvalue weighted by molar-refractivity contribution is 6.33. The molecule has 6 heteroatoms. The van der Waals surface area contributed by atoms with E-state index in [4.69, 9.17) is 11.6 Å². The zero-order valence-electron chi connectivity index (χ0n) is 11.2. The molecule has 0 aliphatic heterocycles. The quantitative estimate of drug-likeness (QED) is 0.789. The second-order valence-electron chi connectivity index (χ2n) is 4.81. The Morgan fingerprint density at radius 3 is 2.80 bits per heavy atom. The summed E-state index contributed by atoms with van der Waals surface area (Å²) in [6.45, 7) is 1.13. The molecule has 2 N–H and O–H groups in total. The number of anilines is 1. The number of hydrogen-bond acceptors (Lipinski definition) is 4. The van der Waals surface area contributed by atoms with Crippen LogP contribution in [0.1, 0.15) is 23.2 Å². The lowest BCUT2D eigenvalue weighted by Gasteiger charge is -2.08. The fraction of sp³-hybridized carbons (Fsp3) is 0.429. The SMILES string of the molecule is COC(=O)c1cc(NC(=O)CNCC2CC2)ccc1Cl. The Morgan fingerprint density at radius 1 is 1.40 bits per heavy atom. The number of carbonyl (C=O) groups is 2. The Morgan fingerprint density at radius 2 is 2.15 bits per heavy atom. The van der Waals surface area contributed by atoms with E-state index in [0.29, 0.717) is 10.7 Å². The zero-order chi connectivity index (χ0) is 14.5. The molecule has 0 saturated heterocycles. The van der Waals surface area contributed by atoms with E-state index in [1.54, 1.807) is 12.1 Å². The lowest BCUT2D eigenvalue weighted by Crippen LogP contribution is -2.29. The number of benzene rings is 1. The van der Waals surface area contributed by atoms with Crippen LogP contribution in [0.25, 0.3) is 0 Å². The molecule has 1 aliphatic rings. The highest BCUT2D eigenvalue weighted by Gasteiger charge is 2.20. The van der Waals surface area contributed by atoms with Crippen LogP contribution < -0.4 is 10.6 Å². The van der Waals surface area contributed by atoms with E-state index in [1.165, 1.54) is 26.0 Å². The Bertz CT molecular complexity index is 515. The molecule has 1 amide bonds. The third kappa shape index (κ3) is 4.21. The highest BCUT2D eigenvalue weighted by Crippen LogP contribution is 2.27. The van der Waals surface area contributed by atoms with Gasteiger partial charge in [-0.2, -0.15) is 0 Å². The van der Waals surface area contributed by atoms with Crippen molar-refractivity contribution in [2.24, 2.45) is 5.92 Å². The van der Waals surface area contributed by atoms with Crippen LogP contribution in [0.15, 0.2) is 18.2 Å². The van der Waals surface area contributed by atoms with Gasteiger partial charge in [-0.3, -0.25) is 4.79 Å². The number of nitrogens with one attached hydrogen (secondary N) is 2. The minimum atomic E-state index is -0.530. The molecule has 0 bridgehead atoms. The molecule has 1 aliphatic carbocycles. The summed E-state index contributed by atoms with van der Waals surface area (Å²) in [4.78, 5) is 23.2. The van der Waals surface area contributed by atoms with Crippen LogP contribution in [0.5, 0.6) is 0 Å². The molecule has 20 heavy (non-hydrogen) atoms. The maximum atomic E-state index is 11.7. The van der Waals surface area contributed by atoms with E-state index in [9.17, 15) is 9.59 Å². The van der Waals surface area contributed by atoms with Crippen LogP contribution in [0, 0.1) is 5.92 Å². The van der Waals surface area contributed by atoms with E-state index in [0.717, 1.165) is 12.5 Å². The molecule has 0 atom stereocenters. The van der Waals surface area contributed by atoms with Crippen molar-refractivity contribution in [1.29, 1.82) is 0 Å². The van der Waals surface area contributed by atoms with Gasteiger partial charge in [0.1, 0.15) is 0 Å². The van der Waals surface area contributed by atoms with Crippen molar-refractivity contribution in [2.75, 3.05) is 25.5 Å². The lowest BCUT2D eigenvalue weighted by atomic mass is 10.2. The fourth-order valence-corrected chi connectivity index (χ4v) is 1.98. The molecule has 5 nitrogen and oxygen atoms in total. The zero-order valence-corrected chi connectivity index (χ0v) is 12.0. The van der Waals surface area contributed by atoms with E-state index in [2.05, 4.69) is 15.4 Å². The van der Waals surface area contributed by atoms with Crippen molar-refractivity contribution in [3.05, 3.63) is 28.8 Å². The van der Waals surface area contributed by atoms with Crippen molar-refractivity contribution < 1.29 is 14.3 Å². The molecule has 0 heterocycles. The number of halogens is 1. The molecule has 1 aromatic carbocycles. The van der Waals surface area contributed by atoms with Crippen molar-refractivity contribution in [3.63, 3.8) is 0 Å². The summed E-state index contributed by atoms with van der Waals surface area (Å²) in [5, 5.41) is 6.11. The Balaban J connectivity index is 1.90. The fourth-order valence-electron chi connectivity index (χ4n) is 1.79. The summed E-state index contributed by atoms with van der Waals surface area (Å²) >= 11 is 5.91. The van der Waals surface area contributed by atoms with Crippen LogP contribution in [0.4, 0.5) is 5.69 Å². The Kier molecular flexibility index (Phi) is 4.98. The Labute approximate surface area is 122 Å². The average Bonchev–Trinajstić information content (AvgIpc) is 3.24. The Hall–Kier alpha value is -1.59. The van der Waals surface area contributed by atoms with E-state index >= 15 is 0 Å². The first-order valence-electron chi connectivity index (χ1n) is 6.48. The molecule has 0 spiro atoms. The topological polar surface area (TPSA) is 67.4 Å². The van der Waals surface area contributed by atoms with Gasteiger partial charge < -0.3 is 15.4 Å². The number of amides is 1. The maximum absolute atomic E-state index is 11.7. The van der Waals surface area contributed by atoms with Gasteiger partial charge >= 0.3 is 5.97 Å². The van der Waals surface area contributed by atoms with Gasteiger partial charge in [0.25, 0.3) is 0 Å². The molecular formula is C14H17ClN2O3. The number of esters is 1. The highest BCUT2D eigenvalue weighted by atomic mass is 35.5. The van der Waals surface area contributed by atoms with Crippen molar-refractivity contribution >= 4 is 29.2 Å². The largest absolute Gasteiger partial charge is 0.465 e. The second-order valence-corrected chi connectivity index (χ2v) is 5.22. The van der Waals surface area contributed by atoms with Crippen LogP contribution in [-0.2, 0) is 9.53 Å². The predicted octanol–water partition coefficient (Wildman–Crippen LogP) is 2.06. The summed E-state index contributed by atoms with van der Waals surface area (Å²) in [5.74, 6) is 0.0472. The van der Waals surface area contributed by atoms with Gasteiger partial charge in [-0.15, -0.1) is 0 Å². The first kappa shape index (κ1) is 14.8. The first-order chi connectivity index (χ1) is 9.60. The summed E-state index contributed by atoms with van der Waals surface area (Å²) < 4.78 is 4.63. The van der Waals surface area contributed by atoms with Gasteiger partial charge in [-0.1, -0.05) is 11.6 Å². The van der Waals surface area contributed by atoms with Crippen LogP contribution in [0.2, 0.25) is 5.02 Å². The molecule has 0 unspecified atom stereocenters. The van der Waals surface area contributed by atoms with Gasteiger partial charge in [0, 0.05) is 5.69 Å². The molecule has 1 saturated carbocycles. The minimum Gasteiger partial charge on any atom is -0.465 e. The van der Waals surface area contributed by atoms with Crippen molar-refractivity contribution in [3.8, 4) is 0 Å². The number of carbonyl (C=O) groups excluding carboxylic acids is 2. The molecule has 0 aromatic heterocycles. The van der Waals surface area contributed by atoms with Gasteiger partial charge in [0.15, 0.2) is 0 Å². The molecular weight excluding hydrogens is 280 g/mol.